The third-order valence-electron chi connectivity index (χ3n) is 2.21. The van der Waals surface area contributed by atoms with E-state index in [2.05, 4.69) is 9.99 Å². The number of carboxylic acid groups (broad SMARTS) is 1. The lowest BCUT2D eigenvalue weighted by molar-refractivity contribution is -0.148. The molecule has 2 rings (SSSR count). The van der Waals surface area contributed by atoms with E-state index in [1.807, 2.05) is 0 Å². The zero-order valence-electron chi connectivity index (χ0n) is 7.98. The summed E-state index contributed by atoms with van der Waals surface area (Å²) in [5.41, 5.74) is 0.434. The van der Waals surface area contributed by atoms with Gasteiger partial charge in [-0.15, -0.1) is 0 Å². The molecule has 1 aromatic carbocycles. The molecule has 0 saturated heterocycles. The van der Waals surface area contributed by atoms with E-state index in [4.69, 9.17) is 16.7 Å². The average Bonchev–Trinajstić information content (AvgIpc) is 2.71. The second-order valence-corrected chi connectivity index (χ2v) is 3.68. The third kappa shape index (κ3) is 1.86. The SMILES string of the molecule is O=C(O)C1CC(c2cccc(Cl)c2F)=NO1. The predicted molar refractivity (Wildman–Crippen MR) is 55.1 cm³/mol. The molecule has 4 nitrogen and oxygen atoms in total. The van der Waals surface area contributed by atoms with E-state index in [0.29, 0.717) is 0 Å². The van der Waals surface area contributed by atoms with Crippen molar-refractivity contribution in [2.24, 2.45) is 5.16 Å². The molecule has 1 aliphatic rings. The second kappa shape index (κ2) is 4.09. The largest absolute Gasteiger partial charge is 0.478 e. The Hall–Kier alpha value is -1.62. The lowest BCUT2D eigenvalue weighted by atomic mass is 10.0. The molecule has 1 unspecified atom stereocenters. The van der Waals surface area contributed by atoms with Crippen molar-refractivity contribution < 1.29 is 19.1 Å². The Balaban J connectivity index is 2.27. The molecule has 84 valence electrons. The van der Waals surface area contributed by atoms with Crippen LogP contribution in [0.25, 0.3) is 0 Å². The van der Waals surface area contributed by atoms with Gasteiger partial charge in [-0.25, -0.2) is 9.18 Å². The minimum atomic E-state index is -1.12. The minimum absolute atomic E-state index is 0.0287. The maximum atomic E-state index is 13.6. The first-order valence-electron chi connectivity index (χ1n) is 4.49. The van der Waals surface area contributed by atoms with Crippen molar-refractivity contribution >= 4 is 23.3 Å². The molecule has 1 aromatic rings. The summed E-state index contributed by atoms with van der Waals surface area (Å²) >= 11 is 5.60. The van der Waals surface area contributed by atoms with Gasteiger partial charge in [0.2, 0.25) is 6.10 Å². The van der Waals surface area contributed by atoms with E-state index in [9.17, 15) is 9.18 Å². The Morgan fingerprint density at radius 2 is 2.38 bits per heavy atom. The Labute approximate surface area is 95.3 Å². The number of carboxylic acids is 1. The summed E-state index contributed by atoms with van der Waals surface area (Å²) in [4.78, 5) is 15.3. The molecule has 1 aliphatic heterocycles. The van der Waals surface area contributed by atoms with E-state index in [1.54, 1.807) is 6.07 Å². The van der Waals surface area contributed by atoms with Crippen LogP contribution in [0.5, 0.6) is 0 Å². The molecular formula is C10H7ClFNO3. The van der Waals surface area contributed by atoms with Crippen LogP contribution in [-0.4, -0.2) is 22.9 Å². The Kier molecular flexibility index (Phi) is 2.78. The van der Waals surface area contributed by atoms with Crippen molar-refractivity contribution in [2.45, 2.75) is 12.5 Å². The molecule has 1 heterocycles. The van der Waals surface area contributed by atoms with Crippen molar-refractivity contribution in [3.05, 3.63) is 34.6 Å². The summed E-state index contributed by atoms with van der Waals surface area (Å²) in [6.45, 7) is 0. The van der Waals surface area contributed by atoms with Gasteiger partial charge in [0.15, 0.2) is 5.82 Å². The van der Waals surface area contributed by atoms with Gasteiger partial charge in [0, 0.05) is 12.0 Å². The molecule has 0 bridgehead atoms. The van der Waals surface area contributed by atoms with Crippen LogP contribution in [0.1, 0.15) is 12.0 Å². The smallest absolute Gasteiger partial charge is 0.348 e. The molecule has 16 heavy (non-hydrogen) atoms. The summed E-state index contributed by atoms with van der Waals surface area (Å²) < 4.78 is 13.6. The maximum Gasteiger partial charge on any atom is 0.348 e. The lowest BCUT2D eigenvalue weighted by Gasteiger charge is -2.02. The van der Waals surface area contributed by atoms with Crippen LogP contribution in [0.15, 0.2) is 23.4 Å². The van der Waals surface area contributed by atoms with Crippen LogP contribution in [0.4, 0.5) is 4.39 Å². The molecule has 0 saturated carbocycles. The van der Waals surface area contributed by atoms with Crippen molar-refractivity contribution in [3.8, 4) is 0 Å². The van der Waals surface area contributed by atoms with Crippen molar-refractivity contribution in [1.29, 1.82) is 0 Å². The fourth-order valence-corrected chi connectivity index (χ4v) is 1.57. The number of hydrogen-bond acceptors (Lipinski definition) is 3. The average molecular weight is 244 g/mol. The summed E-state index contributed by atoms with van der Waals surface area (Å²) in [5.74, 6) is -1.74. The normalized spacial score (nSPS) is 19.1. The van der Waals surface area contributed by atoms with E-state index >= 15 is 0 Å². The maximum absolute atomic E-state index is 13.6. The van der Waals surface area contributed by atoms with Gasteiger partial charge in [0.25, 0.3) is 0 Å². The van der Waals surface area contributed by atoms with E-state index in [0.717, 1.165) is 0 Å². The van der Waals surface area contributed by atoms with Crippen LogP contribution in [0.3, 0.4) is 0 Å². The zero-order valence-corrected chi connectivity index (χ0v) is 8.74. The molecule has 0 amide bonds. The minimum Gasteiger partial charge on any atom is -0.478 e. The molecule has 1 atom stereocenters. The first kappa shape index (κ1) is 10.9. The molecule has 0 radical (unpaired) electrons. The number of carbonyl (C=O) groups is 1. The van der Waals surface area contributed by atoms with Gasteiger partial charge in [0.05, 0.1) is 10.7 Å². The van der Waals surface area contributed by atoms with Crippen molar-refractivity contribution in [2.75, 3.05) is 0 Å². The molecule has 1 N–H and O–H groups in total. The third-order valence-corrected chi connectivity index (χ3v) is 2.50. The highest BCUT2D eigenvalue weighted by Gasteiger charge is 2.29. The summed E-state index contributed by atoms with van der Waals surface area (Å²) in [7, 11) is 0. The molecule has 0 spiro atoms. The highest BCUT2D eigenvalue weighted by Crippen LogP contribution is 2.23. The van der Waals surface area contributed by atoms with Gasteiger partial charge in [-0.1, -0.05) is 22.8 Å². The van der Waals surface area contributed by atoms with Crippen molar-refractivity contribution in [3.63, 3.8) is 0 Å². The number of nitrogens with zero attached hydrogens (tertiary/aromatic N) is 1. The number of oxime groups is 1. The van der Waals surface area contributed by atoms with Gasteiger partial charge in [-0.2, -0.15) is 0 Å². The van der Waals surface area contributed by atoms with Crippen LogP contribution in [0.2, 0.25) is 5.02 Å². The number of hydrogen-bond donors (Lipinski definition) is 1. The monoisotopic (exact) mass is 243 g/mol. The highest BCUT2D eigenvalue weighted by molar-refractivity contribution is 6.31. The molecule has 0 aliphatic carbocycles. The Bertz CT molecular complexity index is 475. The van der Waals surface area contributed by atoms with E-state index in [-0.39, 0.29) is 22.7 Å². The van der Waals surface area contributed by atoms with Crippen LogP contribution < -0.4 is 0 Å². The van der Waals surface area contributed by atoms with Gasteiger partial charge in [0.1, 0.15) is 0 Å². The summed E-state index contributed by atoms with van der Waals surface area (Å²) in [6.07, 6.45) is -1.01. The number of benzene rings is 1. The molecule has 0 aromatic heterocycles. The van der Waals surface area contributed by atoms with Gasteiger partial charge in [-0.05, 0) is 12.1 Å². The first-order valence-corrected chi connectivity index (χ1v) is 4.87. The Morgan fingerprint density at radius 1 is 1.62 bits per heavy atom. The van der Waals surface area contributed by atoms with Gasteiger partial charge in [-0.3, -0.25) is 0 Å². The quantitative estimate of drug-likeness (QED) is 0.865. The fraction of sp³-hybridized carbons (Fsp3) is 0.200. The zero-order chi connectivity index (χ0) is 11.7. The van der Waals surface area contributed by atoms with Crippen LogP contribution in [0, 0.1) is 5.82 Å². The Morgan fingerprint density at radius 3 is 3.00 bits per heavy atom. The van der Waals surface area contributed by atoms with Gasteiger partial charge >= 0.3 is 5.97 Å². The topological polar surface area (TPSA) is 58.9 Å². The lowest BCUT2D eigenvalue weighted by Crippen LogP contribution is -2.20. The number of halogens is 2. The predicted octanol–water partition coefficient (Wildman–Crippen LogP) is 2.06. The van der Waals surface area contributed by atoms with Crippen molar-refractivity contribution in [1.82, 2.24) is 0 Å². The molecule has 0 fully saturated rings. The standard InChI is InChI=1S/C10H7ClFNO3/c11-6-3-1-2-5(9(6)12)7-4-8(10(14)15)16-13-7/h1-3,8H,4H2,(H,14,15). The number of rotatable bonds is 2. The van der Waals surface area contributed by atoms with Crippen LogP contribution >= 0.6 is 11.6 Å². The summed E-state index contributed by atoms with van der Waals surface area (Å²) in [5, 5.41) is 12.2. The molecule has 6 heteroatoms. The first-order chi connectivity index (χ1) is 7.59. The molecular weight excluding hydrogens is 237 g/mol. The summed E-state index contributed by atoms with van der Waals surface area (Å²) in [6, 6.07) is 4.45. The van der Waals surface area contributed by atoms with Crippen LogP contribution in [-0.2, 0) is 9.63 Å². The highest BCUT2D eigenvalue weighted by atomic mass is 35.5. The van der Waals surface area contributed by atoms with E-state index in [1.165, 1.54) is 12.1 Å². The second-order valence-electron chi connectivity index (χ2n) is 3.28. The van der Waals surface area contributed by atoms with Gasteiger partial charge < -0.3 is 9.94 Å². The number of aliphatic carboxylic acids is 1. The fourth-order valence-electron chi connectivity index (χ4n) is 1.40. The van der Waals surface area contributed by atoms with E-state index < -0.39 is 17.9 Å².